The van der Waals surface area contributed by atoms with Crippen molar-refractivity contribution in [1.82, 2.24) is 16.0 Å². The van der Waals surface area contributed by atoms with Crippen LogP contribution in [0.1, 0.15) is 36.0 Å². The Kier molecular flexibility index (Phi) is 6.34. The SMILES string of the molecule is O=C(NCCNC(=O)c1ccc(F)cc1)NC1CCC(O)CC1. The number of rotatable bonds is 5. The molecule has 0 aliphatic heterocycles. The quantitative estimate of drug-likeness (QED) is 0.613. The number of aliphatic hydroxyl groups is 1. The van der Waals surface area contributed by atoms with Gasteiger partial charge in [-0.25, -0.2) is 9.18 Å². The van der Waals surface area contributed by atoms with Crippen LogP contribution in [-0.2, 0) is 0 Å². The molecule has 1 aliphatic carbocycles. The highest BCUT2D eigenvalue weighted by molar-refractivity contribution is 5.94. The summed E-state index contributed by atoms with van der Waals surface area (Å²) < 4.78 is 12.8. The molecule has 0 atom stereocenters. The van der Waals surface area contributed by atoms with E-state index in [-0.39, 0.29) is 30.6 Å². The second-order valence-electron chi connectivity index (χ2n) is 5.67. The Morgan fingerprint density at radius 3 is 2.30 bits per heavy atom. The van der Waals surface area contributed by atoms with E-state index < -0.39 is 5.82 Å². The molecule has 0 saturated heterocycles. The molecule has 3 amide bonds. The fraction of sp³-hybridized carbons (Fsp3) is 0.500. The van der Waals surface area contributed by atoms with Crippen LogP contribution in [-0.4, -0.2) is 42.3 Å². The molecule has 1 aliphatic rings. The van der Waals surface area contributed by atoms with Gasteiger partial charge in [0.25, 0.3) is 5.91 Å². The van der Waals surface area contributed by atoms with Gasteiger partial charge >= 0.3 is 6.03 Å². The van der Waals surface area contributed by atoms with Gasteiger partial charge < -0.3 is 21.1 Å². The summed E-state index contributed by atoms with van der Waals surface area (Å²) in [6, 6.07) is 5.07. The molecule has 0 bridgehead atoms. The average molecular weight is 323 g/mol. The van der Waals surface area contributed by atoms with Crippen molar-refractivity contribution in [2.45, 2.75) is 37.8 Å². The first-order valence-electron chi connectivity index (χ1n) is 7.81. The van der Waals surface area contributed by atoms with E-state index >= 15 is 0 Å². The van der Waals surface area contributed by atoms with Gasteiger partial charge in [-0.2, -0.15) is 0 Å². The zero-order chi connectivity index (χ0) is 16.7. The Balaban J connectivity index is 1.60. The van der Waals surface area contributed by atoms with Crippen LogP contribution >= 0.6 is 0 Å². The summed E-state index contributed by atoms with van der Waals surface area (Å²) in [6.07, 6.45) is 2.71. The Bertz CT molecular complexity index is 528. The lowest BCUT2D eigenvalue weighted by Gasteiger charge is -2.26. The number of carbonyl (C=O) groups excluding carboxylic acids is 2. The van der Waals surface area contributed by atoms with E-state index in [0.29, 0.717) is 24.9 Å². The molecule has 0 unspecified atom stereocenters. The molecule has 7 heteroatoms. The minimum Gasteiger partial charge on any atom is -0.393 e. The highest BCUT2D eigenvalue weighted by Crippen LogP contribution is 2.17. The number of aliphatic hydroxyl groups excluding tert-OH is 1. The fourth-order valence-corrected chi connectivity index (χ4v) is 2.51. The van der Waals surface area contributed by atoms with Gasteiger partial charge in [0.05, 0.1) is 6.10 Å². The lowest BCUT2D eigenvalue weighted by molar-refractivity contribution is 0.0953. The van der Waals surface area contributed by atoms with E-state index in [1.807, 2.05) is 0 Å². The van der Waals surface area contributed by atoms with E-state index in [4.69, 9.17) is 0 Å². The predicted molar refractivity (Wildman–Crippen MR) is 83.5 cm³/mol. The molecule has 1 aromatic carbocycles. The zero-order valence-corrected chi connectivity index (χ0v) is 12.8. The van der Waals surface area contributed by atoms with Gasteiger partial charge in [0, 0.05) is 24.7 Å². The lowest BCUT2D eigenvalue weighted by Crippen LogP contribution is -2.46. The molecule has 1 saturated carbocycles. The Hall–Kier alpha value is -2.15. The third kappa shape index (κ3) is 5.86. The van der Waals surface area contributed by atoms with Gasteiger partial charge in [0.1, 0.15) is 5.82 Å². The molecule has 0 heterocycles. The summed E-state index contributed by atoms with van der Waals surface area (Å²) in [5.74, 6) is -0.705. The first-order chi connectivity index (χ1) is 11.0. The monoisotopic (exact) mass is 323 g/mol. The molecule has 126 valence electrons. The summed E-state index contributed by atoms with van der Waals surface area (Å²) in [4.78, 5) is 23.5. The summed E-state index contributed by atoms with van der Waals surface area (Å²) in [7, 11) is 0. The molecule has 0 spiro atoms. The van der Waals surface area contributed by atoms with Crippen LogP contribution in [0, 0.1) is 5.82 Å². The van der Waals surface area contributed by atoms with Crippen molar-refractivity contribution in [2.75, 3.05) is 13.1 Å². The number of hydrogen-bond acceptors (Lipinski definition) is 3. The minimum atomic E-state index is -0.393. The molecule has 23 heavy (non-hydrogen) atoms. The van der Waals surface area contributed by atoms with E-state index in [9.17, 15) is 19.1 Å². The van der Waals surface area contributed by atoms with Crippen LogP contribution in [0.15, 0.2) is 24.3 Å². The van der Waals surface area contributed by atoms with Crippen LogP contribution in [0.5, 0.6) is 0 Å². The number of halogens is 1. The van der Waals surface area contributed by atoms with Crippen LogP contribution in [0.25, 0.3) is 0 Å². The lowest BCUT2D eigenvalue weighted by atomic mass is 9.93. The summed E-state index contributed by atoms with van der Waals surface area (Å²) >= 11 is 0. The third-order valence-electron chi connectivity index (χ3n) is 3.83. The van der Waals surface area contributed by atoms with Crippen LogP contribution in [0.2, 0.25) is 0 Å². The first-order valence-corrected chi connectivity index (χ1v) is 7.81. The zero-order valence-electron chi connectivity index (χ0n) is 12.8. The molecule has 0 radical (unpaired) electrons. The van der Waals surface area contributed by atoms with Crippen molar-refractivity contribution in [1.29, 1.82) is 0 Å². The second kappa shape index (κ2) is 8.47. The normalized spacial score (nSPS) is 20.6. The fourth-order valence-electron chi connectivity index (χ4n) is 2.51. The van der Waals surface area contributed by atoms with Crippen molar-refractivity contribution < 1.29 is 19.1 Å². The maximum Gasteiger partial charge on any atom is 0.315 e. The first kappa shape index (κ1) is 17.2. The second-order valence-corrected chi connectivity index (χ2v) is 5.67. The van der Waals surface area contributed by atoms with Gasteiger partial charge in [0.15, 0.2) is 0 Å². The number of hydrogen-bond donors (Lipinski definition) is 4. The number of urea groups is 1. The largest absolute Gasteiger partial charge is 0.393 e. The predicted octanol–water partition coefficient (Wildman–Crippen LogP) is 1.16. The third-order valence-corrected chi connectivity index (χ3v) is 3.83. The van der Waals surface area contributed by atoms with Crippen molar-refractivity contribution in [2.24, 2.45) is 0 Å². The summed E-state index contributed by atoms with van der Waals surface area (Å²) in [6.45, 7) is 0.584. The van der Waals surface area contributed by atoms with Crippen LogP contribution < -0.4 is 16.0 Å². The van der Waals surface area contributed by atoms with E-state index in [1.165, 1.54) is 24.3 Å². The summed E-state index contributed by atoms with van der Waals surface area (Å²) in [5, 5.41) is 17.6. The standard InChI is InChI=1S/C16H22FN3O3/c17-12-3-1-11(2-4-12)15(22)18-9-10-19-16(23)20-13-5-7-14(21)8-6-13/h1-4,13-14,21H,5-10H2,(H,18,22)(H2,19,20,23). The Morgan fingerprint density at radius 2 is 1.65 bits per heavy atom. The van der Waals surface area contributed by atoms with Gasteiger partial charge in [-0.1, -0.05) is 0 Å². The molecule has 1 fully saturated rings. The Morgan fingerprint density at radius 1 is 1.04 bits per heavy atom. The molecule has 4 N–H and O–H groups in total. The van der Waals surface area contributed by atoms with Crippen molar-refractivity contribution in [3.05, 3.63) is 35.6 Å². The molecular weight excluding hydrogens is 301 g/mol. The molecule has 2 rings (SSSR count). The number of benzene rings is 1. The van der Waals surface area contributed by atoms with Gasteiger partial charge in [-0.05, 0) is 49.9 Å². The van der Waals surface area contributed by atoms with E-state index in [0.717, 1.165) is 12.8 Å². The van der Waals surface area contributed by atoms with Gasteiger partial charge in [-0.15, -0.1) is 0 Å². The van der Waals surface area contributed by atoms with Crippen molar-refractivity contribution in [3.8, 4) is 0 Å². The topological polar surface area (TPSA) is 90.5 Å². The van der Waals surface area contributed by atoms with E-state index in [2.05, 4.69) is 16.0 Å². The van der Waals surface area contributed by atoms with Crippen molar-refractivity contribution >= 4 is 11.9 Å². The van der Waals surface area contributed by atoms with Crippen molar-refractivity contribution in [3.63, 3.8) is 0 Å². The Labute approximate surface area is 134 Å². The maximum atomic E-state index is 12.8. The number of carbonyl (C=O) groups is 2. The van der Waals surface area contributed by atoms with E-state index in [1.54, 1.807) is 0 Å². The van der Waals surface area contributed by atoms with Crippen LogP contribution in [0.4, 0.5) is 9.18 Å². The highest BCUT2D eigenvalue weighted by Gasteiger charge is 2.20. The molecule has 6 nitrogen and oxygen atoms in total. The maximum absolute atomic E-state index is 12.8. The number of nitrogens with one attached hydrogen (secondary N) is 3. The van der Waals surface area contributed by atoms with Gasteiger partial charge in [0.2, 0.25) is 0 Å². The smallest absolute Gasteiger partial charge is 0.315 e. The summed E-state index contributed by atoms with van der Waals surface area (Å²) in [5.41, 5.74) is 0.372. The molecule has 1 aromatic rings. The average Bonchev–Trinajstić information content (AvgIpc) is 2.54. The van der Waals surface area contributed by atoms with Gasteiger partial charge in [-0.3, -0.25) is 4.79 Å². The highest BCUT2D eigenvalue weighted by atomic mass is 19.1. The number of amides is 3. The van der Waals surface area contributed by atoms with Crippen LogP contribution in [0.3, 0.4) is 0 Å². The molecule has 0 aromatic heterocycles. The molecular formula is C16H22FN3O3. The minimum absolute atomic E-state index is 0.0900.